The van der Waals surface area contributed by atoms with Crippen molar-refractivity contribution >= 4 is 0 Å². The summed E-state index contributed by atoms with van der Waals surface area (Å²) >= 11 is 0. The lowest BCUT2D eigenvalue weighted by molar-refractivity contribution is -0.0944. The average molecular weight is 235 g/mol. The third-order valence-electron chi connectivity index (χ3n) is 3.39. The van der Waals surface area contributed by atoms with E-state index in [0.29, 0.717) is 19.1 Å². The molecule has 0 aromatic heterocycles. The highest BCUT2D eigenvalue weighted by Crippen LogP contribution is 2.13. The largest absolute Gasteiger partial charge is 0.368 e. The Labute approximate surface area is 103 Å². The Morgan fingerprint density at radius 1 is 1.35 bits per heavy atom. The van der Waals surface area contributed by atoms with Gasteiger partial charge in [-0.25, -0.2) is 0 Å². The minimum Gasteiger partial charge on any atom is -0.368 e. The molecule has 3 heteroatoms. The van der Waals surface area contributed by atoms with Gasteiger partial charge < -0.3 is 9.84 Å². The van der Waals surface area contributed by atoms with Crippen molar-refractivity contribution in [2.75, 3.05) is 19.7 Å². The summed E-state index contributed by atoms with van der Waals surface area (Å²) in [6, 6.07) is 10.9. The lowest BCUT2D eigenvalue weighted by Gasteiger charge is -2.26. The third kappa shape index (κ3) is 3.80. The van der Waals surface area contributed by atoms with Gasteiger partial charge in [-0.15, -0.1) is 0 Å². The first-order valence-electron chi connectivity index (χ1n) is 6.33. The second kappa shape index (κ2) is 6.15. The Balaban J connectivity index is 1.85. The molecule has 1 heterocycles. The predicted octanol–water partition coefficient (Wildman–Crippen LogP) is 1.66. The van der Waals surface area contributed by atoms with Crippen LogP contribution in [0.2, 0.25) is 0 Å². The molecule has 0 bridgehead atoms. The predicted molar refractivity (Wildman–Crippen MR) is 67.8 cm³/mol. The van der Waals surface area contributed by atoms with Gasteiger partial charge in [0.05, 0.1) is 6.61 Å². The summed E-state index contributed by atoms with van der Waals surface area (Å²) < 4.78 is 5.27. The van der Waals surface area contributed by atoms with Gasteiger partial charge in [0.2, 0.25) is 0 Å². The maximum Gasteiger partial charge on any atom is 0.156 e. The summed E-state index contributed by atoms with van der Waals surface area (Å²) in [4.78, 5) is 2.39. The van der Waals surface area contributed by atoms with E-state index in [9.17, 15) is 5.11 Å². The quantitative estimate of drug-likeness (QED) is 0.865. The van der Waals surface area contributed by atoms with E-state index in [2.05, 4.69) is 36.1 Å². The molecule has 3 nitrogen and oxygen atoms in total. The van der Waals surface area contributed by atoms with Crippen LogP contribution in [0.1, 0.15) is 18.9 Å². The first-order chi connectivity index (χ1) is 8.25. The highest BCUT2D eigenvalue weighted by atomic mass is 16.6. The van der Waals surface area contributed by atoms with E-state index >= 15 is 0 Å². The van der Waals surface area contributed by atoms with Gasteiger partial charge >= 0.3 is 0 Å². The van der Waals surface area contributed by atoms with Crippen molar-refractivity contribution in [3.8, 4) is 0 Å². The van der Waals surface area contributed by atoms with Crippen LogP contribution in [0, 0.1) is 0 Å². The molecule has 1 fully saturated rings. The SMILES string of the molecule is CC1CC(O)OCCN1CCc1ccccc1. The number of aliphatic hydroxyl groups is 1. The highest BCUT2D eigenvalue weighted by Gasteiger charge is 2.21. The van der Waals surface area contributed by atoms with E-state index < -0.39 is 6.29 Å². The molecule has 1 N–H and O–H groups in total. The van der Waals surface area contributed by atoms with Crippen LogP contribution in [0.4, 0.5) is 0 Å². The van der Waals surface area contributed by atoms with Crippen LogP contribution < -0.4 is 0 Å². The molecule has 0 radical (unpaired) electrons. The average Bonchev–Trinajstić information content (AvgIpc) is 2.49. The molecule has 2 rings (SSSR count). The summed E-state index contributed by atoms with van der Waals surface area (Å²) in [7, 11) is 0. The van der Waals surface area contributed by atoms with E-state index in [1.54, 1.807) is 0 Å². The topological polar surface area (TPSA) is 32.7 Å². The lowest BCUT2D eigenvalue weighted by atomic mass is 10.1. The number of ether oxygens (including phenoxy) is 1. The van der Waals surface area contributed by atoms with Gasteiger partial charge in [0.1, 0.15) is 0 Å². The molecule has 1 aromatic carbocycles. The van der Waals surface area contributed by atoms with Crippen LogP contribution >= 0.6 is 0 Å². The van der Waals surface area contributed by atoms with E-state index in [1.807, 2.05) is 6.07 Å². The number of rotatable bonds is 3. The Morgan fingerprint density at radius 3 is 2.88 bits per heavy atom. The Bertz CT molecular complexity index is 328. The second-order valence-corrected chi connectivity index (χ2v) is 4.68. The first kappa shape index (κ1) is 12.6. The smallest absolute Gasteiger partial charge is 0.156 e. The standard InChI is InChI=1S/C14H21NO2/c1-12-11-14(16)17-10-9-15(12)8-7-13-5-3-2-4-6-13/h2-6,12,14,16H,7-11H2,1H3. The van der Waals surface area contributed by atoms with Crippen LogP contribution in [0.3, 0.4) is 0 Å². The van der Waals surface area contributed by atoms with Crippen molar-refractivity contribution in [2.24, 2.45) is 0 Å². The maximum atomic E-state index is 9.51. The molecule has 1 aromatic rings. The fourth-order valence-electron chi connectivity index (χ4n) is 2.28. The number of hydrogen-bond acceptors (Lipinski definition) is 3. The van der Waals surface area contributed by atoms with Gasteiger partial charge in [0.25, 0.3) is 0 Å². The van der Waals surface area contributed by atoms with Crippen LogP contribution in [0.25, 0.3) is 0 Å². The minimum absolute atomic E-state index is 0.385. The molecular weight excluding hydrogens is 214 g/mol. The van der Waals surface area contributed by atoms with Crippen LogP contribution in [-0.4, -0.2) is 42.0 Å². The third-order valence-corrected chi connectivity index (χ3v) is 3.39. The molecule has 0 spiro atoms. The van der Waals surface area contributed by atoms with Gasteiger partial charge in [0.15, 0.2) is 6.29 Å². The zero-order valence-electron chi connectivity index (χ0n) is 10.4. The van der Waals surface area contributed by atoms with E-state index in [0.717, 1.165) is 19.5 Å². The van der Waals surface area contributed by atoms with Crippen molar-refractivity contribution in [3.05, 3.63) is 35.9 Å². The second-order valence-electron chi connectivity index (χ2n) is 4.68. The van der Waals surface area contributed by atoms with Crippen LogP contribution in [0.5, 0.6) is 0 Å². The van der Waals surface area contributed by atoms with Crippen molar-refractivity contribution in [2.45, 2.75) is 32.1 Å². The van der Waals surface area contributed by atoms with E-state index in [4.69, 9.17) is 4.74 Å². The fraction of sp³-hybridized carbons (Fsp3) is 0.571. The van der Waals surface area contributed by atoms with Gasteiger partial charge in [-0.05, 0) is 18.9 Å². The summed E-state index contributed by atoms with van der Waals surface area (Å²) in [5, 5.41) is 9.51. The molecule has 2 atom stereocenters. The van der Waals surface area contributed by atoms with E-state index in [-0.39, 0.29) is 0 Å². The van der Waals surface area contributed by atoms with Crippen molar-refractivity contribution in [1.29, 1.82) is 0 Å². The van der Waals surface area contributed by atoms with Crippen LogP contribution in [-0.2, 0) is 11.2 Å². The highest BCUT2D eigenvalue weighted by molar-refractivity contribution is 5.14. The number of benzene rings is 1. The molecule has 1 aliphatic rings. The minimum atomic E-state index is -0.591. The Hall–Kier alpha value is -0.900. The molecule has 0 saturated carbocycles. The van der Waals surface area contributed by atoms with E-state index in [1.165, 1.54) is 5.56 Å². The zero-order valence-corrected chi connectivity index (χ0v) is 10.4. The normalized spacial score (nSPS) is 26.7. The molecular formula is C14H21NO2. The Morgan fingerprint density at radius 2 is 2.12 bits per heavy atom. The number of hydrogen-bond donors (Lipinski definition) is 1. The van der Waals surface area contributed by atoms with Crippen molar-refractivity contribution in [1.82, 2.24) is 4.90 Å². The fourth-order valence-corrected chi connectivity index (χ4v) is 2.28. The van der Waals surface area contributed by atoms with Crippen molar-refractivity contribution in [3.63, 3.8) is 0 Å². The molecule has 0 amide bonds. The summed E-state index contributed by atoms with van der Waals surface area (Å²) in [6.07, 6.45) is 1.17. The summed E-state index contributed by atoms with van der Waals surface area (Å²) in [5.41, 5.74) is 1.37. The van der Waals surface area contributed by atoms with Gasteiger partial charge in [-0.3, -0.25) is 4.90 Å². The maximum absolute atomic E-state index is 9.51. The van der Waals surface area contributed by atoms with Gasteiger partial charge in [-0.2, -0.15) is 0 Å². The molecule has 1 saturated heterocycles. The summed E-state index contributed by atoms with van der Waals surface area (Å²) in [6.45, 7) is 4.72. The Kier molecular flexibility index (Phi) is 4.54. The van der Waals surface area contributed by atoms with Crippen molar-refractivity contribution < 1.29 is 9.84 Å². The first-order valence-corrected chi connectivity index (χ1v) is 6.33. The summed E-state index contributed by atoms with van der Waals surface area (Å²) in [5.74, 6) is 0. The molecule has 0 aliphatic carbocycles. The molecule has 94 valence electrons. The van der Waals surface area contributed by atoms with Gasteiger partial charge in [-0.1, -0.05) is 30.3 Å². The lowest BCUT2D eigenvalue weighted by Crippen LogP contribution is -2.36. The molecule has 17 heavy (non-hydrogen) atoms. The number of aliphatic hydroxyl groups excluding tert-OH is 1. The molecule has 1 aliphatic heterocycles. The monoisotopic (exact) mass is 235 g/mol. The molecule has 2 unspecified atom stereocenters. The zero-order chi connectivity index (χ0) is 12.1. The number of nitrogens with zero attached hydrogens (tertiary/aromatic N) is 1. The van der Waals surface area contributed by atoms with Gasteiger partial charge in [0, 0.05) is 25.6 Å². The van der Waals surface area contributed by atoms with Crippen LogP contribution in [0.15, 0.2) is 30.3 Å².